The highest BCUT2D eigenvalue weighted by molar-refractivity contribution is 5.92. The zero-order valence-corrected chi connectivity index (χ0v) is 17.2. The number of nitrogens with one attached hydrogen (secondary N) is 1. The molecule has 1 N–H and O–H groups in total. The smallest absolute Gasteiger partial charge is 0.343 e. The molecule has 0 aromatic heterocycles. The number of ether oxygens (including phenoxy) is 3. The van der Waals surface area contributed by atoms with Crippen LogP contribution < -0.4 is 19.6 Å². The first-order chi connectivity index (χ1) is 14.6. The van der Waals surface area contributed by atoms with Gasteiger partial charge in [-0.2, -0.15) is 5.10 Å². The topological polar surface area (TPSA) is 86.2 Å². The minimum Gasteiger partial charge on any atom is -0.493 e. The molecule has 1 fully saturated rings. The van der Waals surface area contributed by atoms with Crippen molar-refractivity contribution >= 4 is 18.1 Å². The molecule has 1 amide bonds. The van der Waals surface area contributed by atoms with Crippen molar-refractivity contribution < 1.29 is 23.8 Å². The Balaban J connectivity index is 1.55. The Morgan fingerprint density at radius 2 is 1.67 bits per heavy atom. The Bertz CT molecular complexity index is 902. The van der Waals surface area contributed by atoms with Crippen LogP contribution in [0.4, 0.5) is 0 Å². The van der Waals surface area contributed by atoms with Crippen LogP contribution in [0.3, 0.4) is 0 Å². The second-order valence-electron chi connectivity index (χ2n) is 7.10. The van der Waals surface area contributed by atoms with E-state index < -0.39 is 5.97 Å². The number of hydrogen-bond acceptors (Lipinski definition) is 6. The molecule has 158 valence electrons. The molecular weight excluding hydrogens is 384 g/mol. The van der Waals surface area contributed by atoms with E-state index in [1.165, 1.54) is 20.6 Å². The SMILES string of the molecule is COc1ccc(C(=O)Oc2ccc(/C=N\NC(=O)C3CCCCC3)cc2)cc1OC. The Morgan fingerprint density at radius 1 is 0.967 bits per heavy atom. The van der Waals surface area contributed by atoms with Gasteiger partial charge in [-0.3, -0.25) is 4.79 Å². The van der Waals surface area contributed by atoms with Crippen LogP contribution in [0.1, 0.15) is 48.0 Å². The summed E-state index contributed by atoms with van der Waals surface area (Å²) in [4.78, 5) is 24.5. The number of hydrazone groups is 1. The molecule has 0 spiro atoms. The summed E-state index contributed by atoms with van der Waals surface area (Å²) in [7, 11) is 3.03. The van der Waals surface area contributed by atoms with Crippen molar-refractivity contribution in [1.29, 1.82) is 0 Å². The van der Waals surface area contributed by atoms with Crippen molar-refractivity contribution in [2.45, 2.75) is 32.1 Å². The molecule has 1 aliphatic carbocycles. The molecule has 0 atom stereocenters. The fourth-order valence-electron chi connectivity index (χ4n) is 3.38. The first-order valence-electron chi connectivity index (χ1n) is 9.98. The van der Waals surface area contributed by atoms with Crippen molar-refractivity contribution in [3.8, 4) is 17.2 Å². The van der Waals surface area contributed by atoms with Gasteiger partial charge in [0, 0.05) is 5.92 Å². The van der Waals surface area contributed by atoms with Gasteiger partial charge in [-0.25, -0.2) is 10.2 Å². The maximum absolute atomic E-state index is 12.4. The summed E-state index contributed by atoms with van der Waals surface area (Å²) in [6.07, 6.45) is 6.84. The molecule has 7 nitrogen and oxygen atoms in total. The third kappa shape index (κ3) is 5.59. The van der Waals surface area contributed by atoms with Crippen molar-refractivity contribution in [3.63, 3.8) is 0 Å². The number of carbonyl (C=O) groups excluding carboxylic acids is 2. The summed E-state index contributed by atoms with van der Waals surface area (Å²) in [6, 6.07) is 11.7. The highest BCUT2D eigenvalue weighted by Gasteiger charge is 2.20. The summed E-state index contributed by atoms with van der Waals surface area (Å²) in [6.45, 7) is 0. The summed E-state index contributed by atoms with van der Waals surface area (Å²) >= 11 is 0. The zero-order chi connectivity index (χ0) is 21.3. The lowest BCUT2D eigenvalue weighted by Crippen LogP contribution is -2.28. The Hall–Kier alpha value is -3.35. The molecule has 0 unspecified atom stereocenters. The van der Waals surface area contributed by atoms with Crippen LogP contribution in [0.25, 0.3) is 0 Å². The van der Waals surface area contributed by atoms with Crippen LogP contribution in [-0.2, 0) is 4.79 Å². The van der Waals surface area contributed by atoms with Gasteiger partial charge in [0.2, 0.25) is 5.91 Å². The summed E-state index contributed by atoms with van der Waals surface area (Å²) in [5.41, 5.74) is 3.75. The predicted octanol–water partition coefficient (Wildman–Crippen LogP) is 3.95. The van der Waals surface area contributed by atoms with Gasteiger partial charge < -0.3 is 14.2 Å². The molecule has 0 radical (unpaired) electrons. The first-order valence-corrected chi connectivity index (χ1v) is 9.98. The van der Waals surface area contributed by atoms with Crippen LogP contribution >= 0.6 is 0 Å². The van der Waals surface area contributed by atoms with Gasteiger partial charge >= 0.3 is 5.97 Å². The van der Waals surface area contributed by atoms with Gasteiger partial charge in [0.25, 0.3) is 0 Å². The molecule has 2 aromatic rings. The number of carbonyl (C=O) groups is 2. The average molecular weight is 410 g/mol. The van der Waals surface area contributed by atoms with Gasteiger partial charge in [-0.15, -0.1) is 0 Å². The number of amides is 1. The van der Waals surface area contributed by atoms with Gasteiger partial charge in [0.05, 0.1) is 26.0 Å². The maximum Gasteiger partial charge on any atom is 0.343 e. The molecule has 0 heterocycles. The number of benzene rings is 2. The lowest BCUT2D eigenvalue weighted by Gasteiger charge is -2.19. The molecule has 0 saturated heterocycles. The second kappa shape index (κ2) is 10.4. The second-order valence-corrected chi connectivity index (χ2v) is 7.10. The van der Waals surface area contributed by atoms with Gasteiger partial charge in [0.1, 0.15) is 5.75 Å². The van der Waals surface area contributed by atoms with E-state index in [2.05, 4.69) is 10.5 Å². The quantitative estimate of drug-likeness (QED) is 0.323. The molecule has 1 aliphatic rings. The third-order valence-electron chi connectivity index (χ3n) is 5.07. The van der Waals surface area contributed by atoms with E-state index >= 15 is 0 Å². The zero-order valence-electron chi connectivity index (χ0n) is 17.2. The fourth-order valence-corrected chi connectivity index (χ4v) is 3.38. The van der Waals surface area contributed by atoms with E-state index in [0.717, 1.165) is 31.2 Å². The van der Waals surface area contributed by atoms with Crippen LogP contribution in [-0.4, -0.2) is 32.3 Å². The van der Waals surface area contributed by atoms with E-state index in [1.54, 1.807) is 48.7 Å². The molecule has 2 aromatic carbocycles. The van der Waals surface area contributed by atoms with E-state index in [9.17, 15) is 9.59 Å². The minimum absolute atomic E-state index is 0.0218. The number of hydrogen-bond donors (Lipinski definition) is 1. The van der Waals surface area contributed by atoms with Crippen LogP contribution in [0.15, 0.2) is 47.6 Å². The highest BCUT2D eigenvalue weighted by Crippen LogP contribution is 2.28. The lowest BCUT2D eigenvalue weighted by molar-refractivity contribution is -0.125. The van der Waals surface area contributed by atoms with Crippen LogP contribution in [0, 0.1) is 5.92 Å². The molecule has 30 heavy (non-hydrogen) atoms. The Kier molecular flexibility index (Phi) is 7.43. The maximum atomic E-state index is 12.4. The molecular formula is C23H26N2O5. The van der Waals surface area contributed by atoms with Gasteiger partial charge in [-0.05, 0) is 60.9 Å². The van der Waals surface area contributed by atoms with Crippen molar-refractivity contribution in [1.82, 2.24) is 5.43 Å². The third-order valence-corrected chi connectivity index (χ3v) is 5.07. The fraction of sp³-hybridized carbons (Fsp3) is 0.348. The summed E-state index contributed by atoms with van der Waals surface area (Å²) in [5.74, 6) is 0.929. The highest BCUT2D eigenvalue weighted by atomic mass is 16.5. The summed E-state index contributed by atoms with van der Waals surface area (Å²) < 4.78 is 15.8. The standard InChI is InChI=1S/C23H26N2O5/c1-28-20-13-10-18(14-21(20)29-2)23(27)30-19-11-8-16(9-12-19)15-24-25-22(26)17-6-4-3-5-7-17/h8-15,17H,3-7H2,1-2H3,(H,25,26)/b24-15-. The number of nitrogens with zero attached hydrogens (tertiary/aromatic N) is 1. The van der Waals surface area contributed by atoms with Crippen molar-refractivity contribution in [3.05, 3.63) is 53.6 Å². The van der Waals surface area contributed by atoms with Crippen LogP contribution in [0.2, 0.25) is 0 Å². The largest absolute Gasteiger partial charge is 0.493 e. The Morgan fingerprint density at radius 3 is 2.33 bits per heavy atom. The summed E-state index contributed by atoms with van der Waals surface area (Å²) in [5, 5.41) is 4.03. The van der Waals surface area contributed by atoms with E-state index in [0.29, 0.717) is 22.8 Å². The molecule has 1 saturated carbocycles. The Labute approximate surface area is 176 Å². The molecule has 0 bridgehead atoms. The van der Waals surface area contributed by atoms with E-state index in [4.69, 9.17) is 14.2 Å². The monoisotopic (exact) mass is 410 g/mol. The first kappa shape index (κ1) is 21.4. The molecule has 3 rings (SSSR count). The van der Waals surface area contributed by atoms with Crippen LogP contribution in [0.5, 0.6) is 17.2 Å². The average Bonchev–Trinajstić information content (AvgIpc) is 2.80. The molecule has 0 aliphatic heterocycles. The van der Waals surface area contributed by atoms with Gasteiger partial charge in [-0.1, -0.05) is 19.3 Å². The number of rotatable bonds is 7. The van der Waals surface area contributed by atoms with Gasteiger partial charge in [0.15, 0.2) is 11.5 Å². The molecule has 7 heteroatoms. The van der Waals surface area contributed by atoms with E-state index in [1.807, 2.05) is 0 Å². The van der Waals surface area contributed by atoms with E-state index in [-0.39, 0.29) is 11.8 Å². The van der Waals surface area contributed by atoms with Crippen molar-refractivity contribution in [2.24, 2.45) is 11.0 Å². The normalized spacial score (nSPS) is 14.3. The lowest BCUT2D eigenvalue weighted by atomic mass is 9.89. The number of esters is 1. The predicted molar refractivity (Wildman–Crippen MR) is 113 cm³/mol. The minimum atomic E-state index is -0.503. The van der Waals surface area contributed by atoms with Crippen molar-refractivity contribution in [2.75, 3.05) is 14.2 Å². The number of methoxy groups -OCH3 is 2.